The molecule has 0 fully saturated rings. The Labute approximate surface area is 209 Å². The second kappa shape index (κ2) is 7.85. The number of halogens is 1. The Morgan fingerprint density at radius 3 is 1.68 bits per heavy atom. The number of benzene rings is 4. The molecule has 0 N–H and O–H groups in total. The lowest BCUT2D eigenvalue weighted by Crippen LogP contribution is -2.32. The van der Waals surface area contributed by atoms with Gasteiger partial charge in [-0.25, -0.2) is 0 Å². The highest BCUT2D eigenvalue weighted by atomic mass is 35.5. The van der Waals surface area contributed by atoms with Crippen LogP contribution in [0.3, 0.4) is 0 Å². The maximum absolute atomic E-state index is 7.03. The van der Waals surface area contributed by atoms with E-state index in [2.05, 4.69) is 126 Å². The van der Waals surface area contributed by atoms with Crippen LogP contribution >= 0.6 is 11.6 Å². The first-order valence-electron chi connectivity index (χ1n) is 12.2. The van der Waals surface area contributed by atoms with Gasteiger partial charge in [-0.1, -0.05) is 138 Å². The molecule has 0 spiro atoms. The van der Waals surface area contributed by atoms with Gasteiger partial charge in [-0.3, -0.25) is 0 Å². The second-order valence-electron chi connectivity index (χ2n) is 11.6. The van der Waals surface area contributed by atoms with Gasteiger partial charge in [0.05, 0.1) is 5.41 Å². The smallest absolute Gasteiger partial charge is 0.0716 e. The molecule has 0 heterocycles. The van der Waals surface area contributed by atoms with E-state index in [1.807, 2.05) is 6.07 Å². The van der Waals surface area contributed by atoms with Crippen molar-refractivity contribution in [3.8, 4) is 11.1 Å². The van der Waals surface area contributed by atoms with Crippen molar-refractivity contribution < 1.29 is 0 Å². The molecule has 0 aromatic heterocycles. The van der Waals surface area contributed by atoms with Gasteiger partial charge in [0.2, 0.25) is 0 Å². The van der Waals surface area contributed by atoms with Crippen molar-refractivity contribution in [2.24, 2.45) is 0 Å². The van der Waals surface area contributed by atoms with Gasteiger partial charge in [0.25, 0.3) is 0 Å². The van der Waals surface area contributed by atoms with Crippen LogP contribution < -0.4 is 0 Å². The largest absolute Gasteiger partial charge is 0.0837 e. The monoisotopic (exact) mass is 464 g/mol. The SMILES string of the molecule is CC(C)(C)c1cc2c(c(C(C)(C)C)c1)C(c1ccccc1)(c1ccccc1)c1cccc(Cl)c1-2. The topological polar surface area (TPSA) is 0 Å². The molecule has 0 bridgehead atoms. The van der Waals surface area contributed by atoms with Crippen LogP contribution in [0, 0.1) is 0 Å². The Balaban J connectivity index is 2.07. The Bertz CT molecular complexity index is 1310. The minimum Gasteiger partial charge on any atom is -0.0837 e. The molecule has 1 aliphatic rings. The summed E-state index contributed by atoms with van der Waals surface area (Å²) >= 11 is 7.03. The first-order chi connectivity index (χ1) is 16.1. The summed E-state index contributed by atoms with van der Waals surface area (Å²) in [5, 5.41) is 0.818. The molecule has 0 saturated heterocycles. The Hall–Kier alpha value is -2.83. The van der Waals surface area contributed by atoms with Gasteiger partial charge >= 0.3 is 0 Å². The summed E-state index contributed by atoms with van der Waals surface area (Å²) in [5.74, 6) is 0. The zero-order valence-electron chi connectivity index (χ0n) is 21.0. The summed E-state index contributed by atoms with van der Waals surface area (Å²) in [6, 6.07) is 33.2. The van der Waals surface area contributed by atoms with Gasteiger partial charge in [0.15, 0.2) is 0 Å². The van der Waals surface area contributed by atoms with Gasteiger partial charge < -0.3 is 0 Å². The lowest BCUT2D eigenvalue weighted by molar-refractivity contribution is 0.557. The van der Waals surface area contributed by atoms with E-state index < -0.39 is 5.41 Å². The third-order valence-corrected chi connectivity index (χ3v) is 7.60. The molecule has 0 aliphatic heterocycles. The van der Waals surface area contributed by atoms with Gasteiger partial charge in [-0.15, -0.1) is 0 Å². The molecule has 0 atom stereocenters. The number of hydrogen-bond donors (Lipinski definition) is 0. The minimum atomic E-state index is -0.433. The molecule has 1 aliphatic carbocycles. The normalized spacial score (nSPS) is 14.6. The molecule has 0 nitrogen and oxygen atoms in total. The summed E-state index contributed by atoms with van der Waals surface area (Å²) in [6.45, 7) is 13.9. The first kappa shape index (κ1) is 22.9. The van der Waals surface area contributed by atoms with Crippen LogP contribution in [0.15, 0.2) is 91.0 Å². The molecular weight excluding hydrogens is 432 g/mol. The maximum atomic E-state index is 7.03. The predicted octanol–water partition coefficient (Wildman–Crippen LogP) is 9.30. The van der Waals surface area contributed by atoms with Gasteiger partial charge in [0, 0.05) is 10.6 Å². The zero-order valence-corrected chi connectivity index (χ0v) is 21.8. The summed E-state index contributed by atoms with van der Waals surface area (Å²) in [7, 11) is 0. The third kappa shape index (κ3) is 3.35. The van der Waals surface area contributed by atoms with Crippen molar-refractivity contribution >= 4 is 11.6 Å². The molecule has 0 amide bonds. The fraction of sp³-hybridized carbons (Fsp3) is 0.273. The van der Waals surface area contributed by atoms with E-state index in [9.17, 15) is 0 Å². The van der Waals surface area contributed by atoms with Crippen LogP contribution in [0.2, 0.25) is 5.02 Å². The van der Waals surface area contributed by atoms with Gasteiger partial charge in [0.1, 0.15) is 0 Å². The third-order valence-electron chi connectivity index (χ3n) is 7.29. The Kier molecular flexibility index (Phi) is 5.30. The quantitative estimate of drug-likeness (QED) is 0.244. The number of fused-ring (bicyclic) bond motifs is 3. The van der Waals surface area contributed by atoms with Gasteiger partial charge in [-0.2, -0.15) is 0 Å². The van der Waals surface area contributed by atoms with E-state index in [4.69, 9.17) is 11.6 Å². The van der Waals surface area contributed by atoms with E-state index in [1.54, 1.807) is 0 Å². The van der Waals surface area contributed by atoms with Crippen molar-refractivity contribution in [1.29, 1.82) is 0 Å². The van der Waals surface area contributed by atoms with Crippen LogP contribution in [-0.2, 0) is 16.2 Å². The van der Waals surface area contributed by atoms with E-state index >= 15 is 0 Å². The Morgan fingerprint density at radius 1 is 0.618 bits per heavy atom. The lowest BCUT2D eigenvalue weighted by atomic mass is 9.63. The average molecular weight is 465 g/mol. The molecular formula is C33H33Cl. The molecule has 0 unspecified atom stereocenters. The minimum absolute atomic E-state index is 0.0290. The molecule has 5 rings (SSSR count). The molecule has 4 aromatic rings. The molecule has 172 valence electrons. The standard InChI is InChI=1S/C33H33Cl/c1-31(2,3)24-20-25-29-26(18-13-19-28(29)34)33(22-14-9-7-10-15-22,23-16-11-8-12-17-23)30(25)27(21-24)32(4,5)6/h7-21H,1-6H3. The number of rotatable bonds is 2. The molecule has 4 aromatic carbocycles. The van der Waals surface area contributed by atoms with E-state index in [0.717, 1.165) is 5.02 Å². The lowest BCUT2D eigenvalue weighted by Gasteiger charge is -2.38. The van der Waals surface area contributed by atoms with Crippen molar-refractivity contribution in [2.45, 2.75) is 57.8 Å². The van der Waals surface area contributed by atoms with Crippen LogP contribution in [0.1, 0.15) is 74.9 Å². The molecule has 0 saturated carbocycles. The highest BCUT2D eigenvalue weighted by Gasteiger charge is 2.49. The average Bonchev–Trinajstić information content (AvgIpc) is 3.10. The van der Waals surface area contributed by atoms with Crippen molar-refractivity contribution in [3.63, 3.8) is 0 Å². The number of hydrogen-bond acceptors (Lipinski definition) is 0. The van der Waals surface area contributed by atoms with Crippen LogP contribution in [-0.4, -0.2) is 0 Å². The highest BCUT2D eigenvalue weighted by Crippen LogP contribution is 2.60. The summed E-state index contributed by atoms with van der Waals surface area (Å²) in [4.78, 5) is 0. The van der Waals surface area contributed by atoms with E-state index in [-0.39, 0.29) is 10.8 Å². The predicted molar refractivity (Wildman–Crippen MR) is 146 cm³/mol. The van der Waals surface area contributed by atoms with E-state index in [1.165, 1.54) is 44.5 Å². The molecule has 0 radical (unpaired) electrons. The fourth-order valence-corrected chi connectivity index (χ4v) is 5.93. The molecule has 1 heteroatoms. The van der Waals surface area contributed by atoms with Crippen molar-refractivity contribution in [2.75, 3.05) is 0 Å². The van der Waals surface area contributed by atoms with E-state index in [0.29, 0.717) is 0 Å². The van der Waals surface area contributed by atoms with Crippen LogP contribution in [0.25, 0.3) is 11.1 Å². The Morgan fingerprint density at radius 2 is 1.18 bits per heavy atom. The second-order valence-corrected chi connectivity index (χ2v) is 12.0. The maximum Gasteiger partial charge on any atom is 0.0716 e. The highest BCUT2D eigenvalue weighted by molar-refractivity contribution is 6.34. The van der Waals surface area contributed by atoms with Gasteiger partial charge in [-0.05, 0) is 55.8 Å². The molecule has 34 heavy (non-hydrogen) atoms. The first-order valence-corrected chi connectivity index (χ1v) is 12.5. The fourth-order valence-electron chi connectivity index (χ4n) is 5.66. The summed E-state index contributed by atoms with van der Waals surface area (Å²) < 4.78 is 0. The van der Waals surface area contributed by atoms with Crippen molar-refractivity contribution in [3.05, 3.63) is 129 Å². The van der Waals surface area contributed by atoms with Crippen molar-refractivity contribution in [1.82, 2.24) is 0 Å². The zero-order chi connectivity index (χ0) is 24.3. The van der Waals surface area contributed by atoms with Crippen LogP contribution in [0.5, 0.6) is 0 Å². The summed E-state index contributed by atoms with van der Waals surface area (Å²) in [6.07, 6.45) is 0. The summed E-state index contributed by atoms with van der Waals surface area (Å²) in [5.41, 5.74) is 9.91. The van der Waals surface area contributed by atoms with Crippen LogP contribution in [0.4, 0.5) is 0 Å².